The van der Waals surface area contributed by atoms with Crippen LogP contribution in [0.25, 0.3) is 0 Å². The molecule has 2 rings (SSSR count). The number of rotatable bonds is 10. The monoisotopic (exact) mass is 450 g/mol. The first-order valence-corrected chi connectivity index (χ1v) is 10.5. The van der Waals surface area contributed by atoms with Crippen molar-refractivity contribution in [2.45, 2.75) is 39.7 Å². The molecule has 0 aliphatic carbocycles. The van der Waals surface area contributed by atoms with E-state index in [9.17, 15) is 0 Å². The van der Waals surface area contributed by atoms with Gasteiger partial charge in [0, 0.05) is 5.69 Å². The van der Waals surface area contributed by atoms with Crippen LogP contribution in [0.15, 0.2) is 64.3 Å². The Labute approximate surface area is 188 Å². The molecule has 2 aromatic carbocycles. The van der Waals surface area contributed by atoms with Gasteiger partial charge in [0.05, 0.1) is 12.3 Å². The summed E-state index contributed by atoms with van der Waals surface area (Å²) in [5.74, 6) is 2.16. The molecule has 0 aliphatic rings. The lowest BCUT2D eigenvalue weighted by Gasteiger charge is -2.17. The zero-order valence-corrected chi connectivity index (χ0v) is 19.3. The zero-order valence-electron chi connectivity index (χ0n) is 17.7. The van der Waals surface area contributed by atoms with Crippen LogP contribution in [0.5, 0.6) is 17.2 Å². The van der Waals surface area contributed by atoms with Crippen LogP contribution < -0.4 is 14.8 Å². The highest BCUT2D eigenvalue weighted by Gasteiger charge is 2.10. The SMILES string of the molecule is CCC(CNc1ccc(Oc2ccc(OCC=C(Cl)Cl)cc2)cc1)=NOC(C)(C)C. The van der Waals surface area contributed by atoms with E-state index in [1.54, 1.807) is 6.08 Å². The molecule has 0 radical (unpaired) electrons. The van der Waals surface area contributed by atoms with Crippen LogP contribution in [0, 0.1) is 0 Å². The Bertz CT molecular complexity index is 838. The molecule has 7 heteroatoms. The van der Waals surface area contributed by atoms with E-state index in [2.05, 4.69) is 17.4 Å². The normalized spacial score (nSPS) is 11.6. The van der Waals surface area contributed by atoms with Crippen LogP contribution in [-0.2, 0) is 4.84 Å². The molecule has 0 fully saturated rings. The Kier molecular flexibility index (Phi) is 9.34. The summed E-state index contributed by atoms with van der Waals surface area (Å²) in [4.78, 5) is 5.50. The van der Waals surface area contributed by atoms with Crippen molar-refractivity contribution < 1.29 is 14.3 Å². The number of halogens is 2. The maximum atomic E-state index is 5.87. The molecule has 162 valence electrons. The second kappa shape index (κ2) is 11.7. The number of nitrogens with zero attached hydrogens (tertiary/aromatic N) is 1. The van der Waals surface area contributed by atoms with Crippen LogP contribution in [0.3, 0.4) is 0 Å². The molecular weight excluding hydrogens is 423 g/mol. The second-order valence-electron chi connectivity index (χ2n) is 7.47. The Morgan fingerprint density at radius 1 is 0.967 bits per heavy atom. The predicted molar refractivity (Wildman–Crippen MR) is 125 cm³/mol. The molecule has 0 heterocycles. The lowest BCUT2D eigenvalue weighted by Crippen LogP contribution is -2.19. The molecule has 1 N–H and O–H groups in total. The molecule has 0 bridgehead atoms. The number of benzene rings is 2. The highest BCUT2D eigenvalue weighted by molar-refractivity contribution is 6.55. The number of ether oxygens (including phenoxy) is 2. The fourth-order valence-electron chi connectivity index (χ4n) is 2.21. The third-order valence-corrected chi connectivity index (χ3v) is 4.06. The van der Waals surface area contributed by atoms with Gasteiger partial charge >= 0.3 is 0 Å². The first-order valence-electron chi connectivity index (χ1n) is 9.75. The summed E-state index contributed by atoms with van der Waals surface area (Å²) in [6.07, 6.45) is 2.40. The van der Waals surface area contributed by atoms with Crippen molar-refractivity contribution in [3.8, 4) is 17.2 Å². The average Bonchev–Trinajstić information content (AvgIpc) is 2.69. The van der Waals surface area contributed by atoms with Gasteiger partial charge in [0.1, 0.15) is 33.9 Å². The minimum absolute atomic E-state index is 0.185. The minimum atomic E-state index is -0.293. The molecule has 0 aromatic heterocycles. The quantitative estimate of drug-likeness (QED) is 0.307. The summed E-state index contributed by atoms with van der Waals surface area (Å²) in [5.41, 5.74) is 1.64. The van der Waals surface area contributed by atoms with Crippen molar-refractivity contribution in [3.63, 3.8) is 0 Å². The predicted octanol–water partition coefficient (Wildman–Crippen LogP) is 7.17. The van der Waals surface area contributed by atoms with Gasteiger partial charge in [-0.2, -0.15) is 0 Å². The molecule has 0 spiro atoms. The van der Waals surface area contributed by atoms with Gasteiger partial charge < -0.3 is 19.6 Å². The minimum Gasteiger partial charge on any atom is -0.489 e. The number of hydrogen-bond acceptors (Lipinski definition) is 5. The topological polar surface area (TPSA) is 52.1 Å². The van der Waals surface area contributed by atoms with Crippen LogP contribution in [0.2, 0.25) is 0 Å². The van der Waals surface area contributed by atoms with Gasteiger partial charge in [-0.3, -0.25) is 0 Å². The molecule has 0 aliphatic heterocycles. The molecule has 0 saturated heterocycles. The third-order valence-electron chi connectivity index (χ3n) is 3.75. The lowest BCUT2D eigenvalue weighted by atomic mass is 10.2. The van der Waals surface area contributed by atoms with Crippen LogP contribution >= 0.6 is 23.2 Å². The maximum absolute atomic E-state index is 5.87. The van der Waals surface area contributed by atoms with E-state index in [0.717, 1.165) is 23.6 Å². The first-order chi connectivity index (χ1) is 14.2. The van der Waals surface area contributed by atoms with Gasteiger partial charge in [-0.25, -0.2) is 0 Å². The fraction of sp³-hybridized carbons (Fsp3) is 0.348. The molecule has 5 nitrogen and oxygen atoms in total. The van der Waals surface area contributed by atoms with E-state index < -0.39 is 0 Å². The maximum Gasteiger partial charge on any atom is 0.129 e. The first kappa shape index (κ1) is 23.9. The largest absolute Gasteiger partial charge is 0.489 e. The van der Waals surface area contributed by atoms with E-state index in [1.807, 2.05) is 69.3 Å². The van der Waals surface area contributed by atoms with Gasteiger partial charge in [0.15, 0.2) is 0 Å². The Morgan fingerprint density at radius 2 is 1.53 bits per heavy atom. The van der Waals surface area contributed by atoms with E-state index in [1.165, 1.54) is 0 Å². The van der Waals surface area contributed by atoms with Crippen molar-refractivity contribution in [2.24, 2.45) is 5.16 Å². The highest BCUT2D eigenvalue weighted by atomic mass is 35.5. The summed E-state index contributed by atoms with van der Waals surface area (Å²) in [6.45, 7) is 8.92. The summed E-state index contributed by atoms with van der Waals surface area (Å²) in [7, 11) is 0. The van der Waals surface area contributed by atoms with E-state index in [0.29, 0.717) is 24.7 Å². The second-order valence-corrected chi connectivity index (χ2v) is 8.48. The molecule has 0 atom stereocenters. The number of oxime groups is 1. The number of nitrogens with one attached hydrogen (secondary N) is 1. The molecule has 0 unspecified atom stereocenters. The van der Waals surface area contributed by atoms with Crippen LogP contribution in [-0.4, -0.2) is 24.5 Å². The van der Waals surface area contributed by atoms with Gasteiger partial charge in [0.25, 0.3) is 0 Å². The smallest absolute Gasteiger partial charge is 0.129 e. The summed E-state index contributed by atoms with van der Waals surface area (Å²) < 4.78 is 11.6. The highest BCUT2D eigenvalue weighted by Crippen LogP contribution is 2.25. The Morgan fingerprint density at radius 3 is 2.07 bits per heavy atom. The van der Waals surface area contributed by atoms with E-state index in [-0.39, 0.29) is 10.1 Å². The van der Waals surface area contributed by atoms with Crippen LogP contribution in [0.1, 0.15) is 34.1 Å². The van der Waals surface area contributed by atoms with Crippen molar-refractivity contribution in [1.29, 1.82) is 0 Å². The van der Waals surface area contributed by atoms with Gasteiger partial charge in [-0.15, -0.1) is 0 Å². The van der Waals surface area contributed by atoms with E-state index >= 15 is 0 Å². The Balaban J connectivity index is 1.86. The lowest BCUT2D eigenvalue weighted by molar-refractivity contribution is 0.000460. The van der Waals surface area contributed by atoms with Gasteiger partial charge in [-0.05, 0) is 81.8 Å². The van der Waals surface area contributed by atoms with Crippen molar-refractivity contribution in [3.05, 3.63) is 59.1 Å². The zero-order chi connectivity index (χ0) is 22.0. The molecule has 2 aromatic rings. The summed E-state index contributed by atoms with van der Waals surface area (Å²) >= 11 is 11.1. The van der Waals surface area contributed by atoms with Crippen molar-refractivity contribution in [1.82, 2.24) is 0 Å². The molecule has 30 heavy (non-hydrogen) atoms. The fourth-order valence-corrected chi connectivity index (χ4v) is 2.34. The van der Waals surface area contributed by atoms with E-state index in [4.69, 9.17) is 37.5 Å². The molecule has 0 amide bonds. The number of hydrogen-bond donors (Lipinski definition) is 1. The Hall–Kier alpha value is -2.37. The van der Waals surface area contributed by atoms with Gasteiger partial charge in [-0.1, -0.05) is 35.3 Å². The standard InChI is InChI=1S/C23H28Cl2N2O3/c1-5-17(27-30-23(2,3)4)16-26-18-6-8-20(9-7-18)29-21-12-10-19(11-13-21)28-15-14-22(24)25/h6-14,26H,5,15-16H2,1-4H3. The molecule has 0 saturated carbocycles. The summed E-state index contributed by atoms with van der Waals surface area (Å²) in [5, 5.41) is 7.59. The summed E-state index contributed by atoms with van der Waals surface area (Å²) in [6, 6.07) is 15.1. The van der Waals surface area contributed by atoms with Crippen LogP contribution in [0.4, 0.5) is 5.69 Å². The van der Waals surface area contributed by atoms with Crippen molar-refractivity contribution >= 4 is 34.6 Å². The van der Waals surface area contributed by atoms with Gasteiger partial charge in [0.2, 0.25) is 0 Å². The number of anilines is 1. The third kappa shape index (κ3) is 9.42. The van der Waals surface area contributed by atoms with Crippen molar-refractivity contribution in [2.75, 3.05) is 18.5 Å². The average molecular weight is 451 g/mol. The molecular formula is C23H28Cl2N2O3.